The van der Waals surface area contributed by atoms with Crippen LogP contribution in [0.4, 0.5) is 4.39 Å². The minimum absolute atomic E-state index is 0.139. The van der Waals surface area contributed by atoms with E-state index in [4.69, 9.17) is 9.84 Å². The van der Waals surface area contributed by atoms with E-state index in [1.165, 1.54) is 4.90 Å². The van der Waals surface area contributed by atoms with Crippen LogP contribution >= 0.6 is 0 Å². The van der Waals surface area contributed by atoms with Crippen LogP contribution in [-0.2, 0) is 14.3 Å². The molecule has 0 aromatic heterocycles. The molecule has 1 N–H and O–H groups in total. The number of rotatable bonds is 2. The molecule has 0 aromatic rings. The first-order valence-corrected chi connectivity index (χ1v) is 5.73. The van der Waals surface area contributed by atoms with Gasteiger partial charge < -0.3 is 14.7 Å². The van der Waals surface area contributed by atoms with E-state index in [2.05, 4.69) is 0 Å². The first-order valence-electron chi connectivity index (χ1n) is 5.73. The topological polar surface area (TPSA) is 66.8 Å². The van der Waals surface area contributed by atoms with Gasteiger partial charge in [-0.05, 0) is 19.8 Å². The molecule has 96 valence electrons. The van der Waals surface area contributed by atoms with Crippen LogP contribution in [0.25, 0.3) is 0 Å². The van der Waals surface area contributed by atoms with Gasteiger partial charge in [0.2, 0.25) is 5.67 Å². The van der Waals surface area contributed by atoms with E-state index in [1.807, 2.05) is 0 Å². The first kappa shape index (κ1) is 12.3. The maximum atomic E-state index is 13.8. The van der Waals surface area contributed by atoms with Gasteiger partial charge in [-0.1, -0.05) is 0 Å². The molecule has 2 aliphatic heterocycles. The molecule has 0 bridgehead atoms. The molecule has 1 amide bonds. The van der Waals surface area contributed by atoms with Gasteiger partial charge in [-0.25, -0.2) is 9.18 Å². The number of carboxylic acid groups (broad SMARTS) is 1. The third kappa shape index (κ3) is 2.01. The zero-order chi connectivity index (χ0) is 12.7. The summed E-state index contributed by atoms with van der Waals surface area (Å²) in [6, 6.07) is 0. The number of carboxylic acids is 1. The van der Waals surface area contributed by atoms with Crippen LogP contribution in [0.15, 0.2) is 0 Å². The lowest BCUT2D eigenvalue weighted by Crippen LogP contribution is -2.47. The van der Waals surface area contributed by atoms with Crippen molar-refractivity contribution in [1.29, 1.82) is 0 Å². The second-order valence-electron chi connectivity index (χ2n) is 4.93. The van der Waals surface area contributed by atoms with Crippen LogP contribution in [0, 0.1) is 0 Å². The molecule has 0 saturated carbocycles. The predicted molar refractivity (Wildman–Crippen MR) is 56.3 cm³/mol. The zero-order valence-corrected chi connectivity index (χ0v) is 9.74. The van der Waals surface area contributed by atoms with Crippen molar-refractivity contribution in [3.8, 4) is 0 Å². The summed E-state index contributed by atoms with van der Waals surface area (Å²) in [6.45, 7) is 1.97. The van der Waals surface area contributed by atoms with E-state index in [0.717, 1.165) is 6.42 Å². The maximum absolute atomic E-state index is 13.8. The normalized spacial score (nSPS) is 37.4. The molecule has 6 heteroatoms. The molecule has 2 rings (SSSR count). The molecular formula is C11H16FNO4. The van der Waals surface area contributed by atoms with Crippen LogP contribution < -0.4 is 0 Å². The van der Waals surface area contributed by atoms with Gasteiger partial charge in [0.1, 0.15) is 5.60 Å². The Bertz CT molecular complexity index is 353. The average Bonchev–Trinajstić information content (AvgIpc) is 2.86. The van der Waals surface area contributed by atoms with E-state index in [1.54, 1.807) is 6.92 Å². The van der Waals surface area contributed by atoms with Crippen molar-refractivity contribution < 1.29 is 23.8 Å². The molecule has 2 heterocycles. The van der Waals surface area contributed by atoms with Gasteiger partial charge in [0.15, 0.2) is 0 Å². The van der Waals surface area contributed by atoms with E-state index >= 15 is 0 Å². The van der Waals surface area contributed by atoms with E-state index in [0.29, 0.717) is 13.0 Å². The van der Waals surface area contributed by atoms with Crippen molar-refractivity contribution >= 4 is 11.9 Å². The minimum Gasteiger partial charge on any atom is -0.479 e. The van der Waals surface area contributed by atoms with Gasteiger partial charge in [0.05, 0.1) is 6.54 Å². The standard InChI is InChI=1S/C11H16FNO4/c1-10(3-2-6-17-10)8(14)13-5-4-11(12,7-13)9(15)16/h2-7H2,1H3,(H,15,16). The van der Waals surface area contributed by atoms with Crippen LogP contribution in [-0.4, -0.2) is 52.8 Å². The number of hydrogen-bond acceptors (Lipinski definition) is 3. The van der Waals surface area contributed by atoms with Crippen molar-refractivity contribution in [2.24, 2.45) is 0 Å². The highest BCUT2D eigenvalue weighted by Crippen LogP contribution is 2.32. The van der Waals surface area contributed by atoms with Crippen molar-refractivity contribution in [3.63, 3.8) is 0 Å². The average molecular weight is 245 g/mol. The van der Waals surface area contributed by atoms with Crippen molar-refractivity contribution in [1.82, 2.24) is 4.90 Å². The Balaban J connectivity index is 2.06. The lowest BCUT2D eigenvalue weighted by Gasteiger charge is -2.28. The summed E-state index contributed by atoms with van der Waals surface area (Å²) in [5.41, 5.74) is -3.20. The number of amides is 1. The molecule has 2 fully saturated rings. The van der Waals surface area contributed by atoms with Crippen LogP contribution in [0.1, 0.15) is 26.2 Å². The number of alkyl halides is 1. The third-order valence-electron chi connectivity index (χ3n) is 3.56. The molecule has 17 heavy (non-hydrogen) atoms. The molecule has 0 aromatic carbocycles. The number of aliphatic carboxylic acids is 1. The maximum Gasteiger partial charge on any atom is 0.343 e. The highest BCUT2D eigenvalue weighted by molar-refractivity contribution is 5.87. The molecule has 0 aliphatic carbocycles. The molecule has 2 saturated heterocycles. The molecule has 0 radical (unpaired) electrons. The number of carbonyl (C=O) groups excluding carboxylic acids is 1. The SMILES string of the molecule is CC1(C(=O)N2CCC(F)(C(=O)O)C2)CCCO1. The van der Waals surface area contributed by atoms with E-state index in [-0.39, 0.29) is 25.4 Å². The van der Waals surface area contributed by atoms with Crippen LogP contribution in [0.2, 0.25) is 0 Å². The Labute approximate surface area is 98.5 Å². The molecular weight excluding hydrogens is 229 g/mol. The van der Waals surface area contributed by atoms with E-state index in [9.17, 15) is 14.0 Å². The number of ether oxygens (including phenoxy) is 1. The lowest BCUT2D eigenvalue weighted by atomic mass is 10.0. The quantitative estimate of drug-likeness (QED) is 0.772. The summed E-state index contributed by atoms with van der Waals surface area (Å²) < 4.78 is 19.2. The lowest BCUT2D eigenvalue weighted by molar-refractivity contribution is -0.153. The molecule has 0 spiro atoms. The monoisotopic (exact) mass is 245 g/mol. The minimum atomic E-state index is -2.30. The summed E-state index contributed by atoms with van der Waals surface area (Å²) in [7, 11) is 0. The molecule has 5 nitrogen and oxygen atoms in total. The highest BCUT2D eigenvalue weighted by atomic mass is 19.1. The Hall–Kier alpha value is -1.17. The second-order valence-corrected chi connectivity index (χ2v) is 4.93. The van der Waals surface area contributed by atoms with Gasteiger partial charge in [-0.15, -0.1) is 0 Å². The van der Waals surface area contributed by atoms with Crippen molar-refractivity contribution in [3.05, 3.63) is 0 Å². The number of likely N-dealkylation sites (tertiary alicyclic amines) is 1. The largest absolute Gasteiger partial charge is 0.479 e. The van der Waals surface area contributed by atoms with Gasteiger partial charge in [0, 0.05) is 19.6 Å². The Morgan fingerprint density at radius 1 is 1.41 bits per heavy atom. The second kappa shape index (κ2) is 3.94. The molecule has 2 unspecified atom stereocenters. The number of hydrogen-bond donors (Lipinski definition) is 1. The summed E-state index contributed by atoms with van der Waals surface area (Å²) in [5.74, 6) is -1.79. The summed E-state index contributed by atoms with van der Waals surface area (Å²) >= 11 is 0. The number of nitrogens with zero attached hydrogens (tertiary/aromatic N) is 1. The highest BCUT2D eigenvalue weighted by Gasteiger charge is 2.50. The fourth-order valence-corrected chi connectivity index (χ4v) is 2.40. The van der Waals surface area contributed by atoms with Gasteiger partial charge in [-0.2, -0.15) is 0 Å². The summed E-state index contributed by atoms with van der Waals surface area (Å²) in [4.78, 5) is 24.1. The number of carbonyl (C=O) groups is 2. The Morgan fingerprint density at radius 2 is 2.12 bits per heavy atom. The summed E-state index contributed by atoms with van der Waals surface area (Å²) in [5, 5.41) is 8.76. The molecule has 2 atom stereocenters. The van der Waals surface area contributed by atoms with Gasteiger partial charge >= 0.3 is 5.97 Å². The fraction of sp³-hybridized carbons (Fsp3) is 0.818. The Morgan fingerprint density at radius 3 is 2.59 bits per heavy atom. The third-order valence-corrected chi connectivity index (χ3v) is 3.56. The van der Waals surface area contributed by atoms with Gasteiger partial charge in [0.25, 0.3) is 5.91 Å². The smallest absolute Gasteiger partial charge is 0.343 e. The fourth-order valence-electron chi connectivity index (χ4n) is 2.40. The predicted octanol–water partition coefficient (Wildman–Crippen LogP) is 0.581. The van der Waals surface area contributed by atoms with Crippen LogP contribution in [0.5, 0.6) is 0 Å². The van der Waals surface area contributed by atoms with Crippen molar-refractivity contribution in [2.45, 2.75) is 37.5 Å². The number of halogens is 1. The van der Waals surface area contributed by atoms with E-state index < -0.39 is 17.2 Å². The van der Waals surface area contributed by atoms with Crippen molar-refractivity contribution in [2.75, 3.05) is 19.7 Å². The zero-order valence-electron chi connectivity index (χ0n) is 9.74. The first-order chi connectivity index (χ1) is 7.87. The molecule has 2 aliphatic rings. The van der Waals surface area contributed by atoms with Crippen LogP contribution in [0.3, 0.4) is 0 Å². The Kier molecular flexibility index (Phi) is 2.85. The summed E-state index contributed by atoms with van der Waals surface area (Å²) in [6.07, 6.45) is 1.26. The van der Waals surface area contributed by atoms with Gasteiger partial charge in [-0.3, -0.25) is 4.79 Å².